The number of hydrogen-bond acceptors (Lipinski definition) is 6. The first-order valence-electron chi connectivity index (χ1n) is 12.9. The first-order valence-corrected chi connectivity index (χ1v) is 12.9. The van der Waals surface area contributed by atoms with Crippen LogP contribution in [0.25, 0.3) is 10.8 Å². The molecule has 0 bridgehead atoms. The van der Waals surface area contributed by atoms with Crippen LogP contribution in [0.1, 0.15) is 46.1 Å². The Hall–Kier alpha value is -3.33. The summed E-state index contributed by atoms with van der Waals surface area (Å²) < 4.78 is 17.3. The maximum absolute atomic E-state index is 13.6. The number of morpholine rings is 1. The van der Waals surface area contributed by atoms with Crippen molar-refractivity contribution >= 4 is 28.7 Å². The normalized spacial score (nSPS) is 17.8. The van der Waals surface area contributed by atoms with Crippen LogP contribution >= 0.6 is 0 Å². The van der Waals surface area contributed by atoms with E-state index in [1.165, 1.54) is 6.92 Å². The van der Waals surface area contributed by atoms with Gasteiger partial charge in [0.25, 0.3) is 5.91 Å². The standard InChI is InChI=1S/C28H37N3O6/c1-19(32)29-11-13-35-24-16-20(15-21-7-5-6-8-23(21)24)17-31(22-9-10-22)26(33)25-18-30(12-14-36-25)27(34)37-28(2,3)4/h5-8,15-16,22,25H,9-14,17-18H2,1-4H3,(H,29,32)/t25-/m1/s1. The van der Waals surface area contributed by atoms with Gasteiger partial charge in [-0.15, -0.1) is 0 Å². The second-order valence-electron chi connectivity index (χ2n) is 10.6. The Balaban J connectivity index is 1.49. The zero-order valence-electron chi connectivity index (χ0n) is 22.1. The quantitative estimate of drug-likeness (QED) is 0.545. The smallest absolute Gasteiger partial charge is 0.410 e. The third-order valence-electron chi connectivity index (χ3n) is 6.23. The molecule has 2 aromatic carbocycles. The summed E-state index contributed by atoms with van der Waals surface area (Å²) >= 11 is 0. The predicted octanol–water partition coefficient (Wildman–Crippen LogP) is 3.48. The zero-order valence-corrected chi connectivity index (χ0v) is 22.1. The first kappa shape index (κ1) is 26.7. The molecular weight excluding hydrogens is 474 g/mol. The van der Waals surface area contributed by atoms with Crippen LogP contribution in [-0.2, 0) is 25.6 Å². The van der Waals surface area contributed by atoms with E-state index in [0.29, 0.717) is 32.0 Å². The minimum atomic E-state index is -0.726. The van der Waals surface area contributed by atoms with E-state index in [2.05, 4.69) is 11.4 Å². The molecule has 1 heterocycles. The average Bonchev–Trinajstić information content (AvgIpc) is 3.69. The fourth-order valence-corrected chi connectivity index (χ4v) is 4.38. The van der Waals surface area contributed by atoms with Crippen molar-refractivity contribution in [2.24, 2.45) is 0 Å². The predicted molar refractivity (Wildman–Crippen MR) is 139 cm³/mol. The average molecular weight is 512 g/mol. The van der Waals surface area contributed by atoms with E-state index < -0.39 is 17.8 Å². The van der Waals surface area contributed by atoms with Crippen molar-refractivity contribution in [3.8, 4) is 5.75 Å². The van der Waals surface area contributed by atoms with Crippen molar-refractivity contribution in [3.05, 3.63) is 42.0 Å². The molecule has 0 radical (unpaired) electrons. The molecule has 1 saturated carbocycles. The fourth-order valence-electron chi connectivity index (χ4n) is 4.38. The molecule has 37 heavy (non-hydrogen) atoms. The van der Waals surface area contributed by atoms with Gasteiger partial charge in [0.2, 0.25) is 5.91 Å². The molecule has 4 rings (SSSR count). The van der Waals surface area contributed by atoms with Crippen LogP contribution in [0.5, 0.6) is 5.75 Å². The van der Waals surface area contributed by atoms with Crippen molar-refractivity contribution in [3.63, 3.8) is 0 Å². The number of ether oxygens (including phenoxy) is 3. The molecule has 1 saturated heterocycles. The summed E-state index contributed by atoms with van der Waals surface area (Å²) in [6.07, 6.45) is 0.738. The van der Waals surface area contributed by atoms with Gasteiger partial charge in [-0.2, -0.15) is 0 Å². The summed E-state index contributed by atoms with van der Waals surface area (Å²) in [4.78, 5) is 40.8. The Morgan fingerprint density at radius 2 is 1.92 bits per heavy atom. The highest BCUT2D eigenvalue weighted by atomic mass is 16.6. The summed E-state index contributed by atoms with van der Waals surface area (Å²) in [6, 6.07) is 12.1. The second kappa shape index (κ2) is 11.4. The van der Waals surface area contributed by atoms with E-state index >= 15 is 0 Å². The molecule has 200 valence electrons. The number of amides is 3. The zero-order chi connectivity index (χ0) is 26.6. The number of benzene rings is 2. The molecule has 9 nitrogen and oxygen atoms in total. The second-order valence-corrected chi connectivity index (χ2v) is 10.6. The Morgan fingerprint density at radius 1 is 1.16 bits per heavy atom. The molecule has 1 atom stereocenters. The van der Waals surface area contributed by atoms with Crippen molar-refractivity contribution in [1.29, 1.82) is 0 Å². The summed E-state index contributed by atoms with van der Waals surface area (Å²) in [6.45, 7) is 8.97. The molecule has 2 aliphatic rings. The van der Waals surface area contributed by atoms with Crippen LogP contribution in [0.2, 0.25) is 0 Å². The number of carbonyl (C=O) groups excluding carboxylic acids is 3. The number of rotatable bonds is 8. The number of fused-ring (bicyclic) bond motifs is 1. The largest absolute Gasteiger partial charge is 0.491 e. The number of nitrogens with one attached hydrogen (secondary N) is 1. The number of hydrogen-bond donors (Lipinski definition) is 1. The Kier molecular flexibility index (Phi) is 8.22. The van der Waals surface area contributed by atoms with E-state index in [1.54, 1.807) is 4.90 Å². The van der Waals surface area contributed by atoms with E-state index in [9.17, 15) is 14.4 Å². The minimum Gasteiger partial charge on any atom is -0.491 e. The van der Waals surface area contributed by atoms with Crippen LogP contribution in [0.15, 0.2) is 36.4 Å². The Bertz CT molecular complexity index is 1140. The molecule has 1 aliphatic carbocycles. The minimum absolute atomic E-state index is 0.101. The molecule has 3 amide bonds. The first-order chi connectivity index (χ1) is 17.6. The van der Waals surface area contributed by atoms with Gasteiger partial charge in [-0.1, -0.05) is 24.3 Å². The summed E-state index contributed by atoms with van der Waals surface area (Å²) in [7, 11) is 0. The summed E-state index contributed by atoms with van der Waals surface area (Å²) in [5.74, 6) is 0.500. The number of nitrogens with zero attached hydrogens (tertiary/aromatic N) is 2. The molecular formula is C28H37N3O6. The van der Waals surface area contributed by atoms with Crippen LogP contribution in [-0.4, -0.2) is 78.3 Å². The molecule has 2 fully saturated rings. The van der Waals surface area contributed by atoms with E-state index in [4.69, 9.17) is 14.2 Å². The van der Waals surface area contributed by atoms with Gasteiger partial charge in [-0.3, -0.25) is 9.59 Å². The van der Waals surface area contributed by atoms with Crippen molar-refractivity contribution in [2.75, 3.05) is 32.8 Å². The van der Waals surface area contributed by atoms with Gasteiger partial charge in [0.05, 0.1) is 19.7 Å². The third-order valence-corrected chi connectivity index (χ3v) is 6.23. The molecule has 2 aromatic rings. The van der Waals surface area contributed by atoms with Crippen molar-refractivity contribution in [1.82, 2.24) is 15.1 Å². The van der Waals surface area contributed by atoms with Gasteiger partial charge in [-0.25, -0.2) is 4.79 Å². The van der Waals surface area contributed by atoms with Crippen LogP contribution in [0, 0.1) is 0 Å². The molecule has 0 spiro atoms. The Morgan fingerprint density at radius 3 is 2.62 bits per heavy atom. The molecule has 1 aliphatic heterocycles. The van der Waals surface area contributed by atoms with Gasteiger partial charge in [-0.05, 0) is 56.7 Å². The summed E-state index contributed by atoms with van der Waals surface area (Å²) in [5.41, 5.74) is 0.348. The van der Waals surface area contributed by atoms with Gasteiger partial charge in [0.15, 0.2) is 6.10 Å². The van der Waals surface area contributed by atoms with Crippen LogP contribution in [0.4, 0.5) is 4.79 Å². The molecule has 0 unspecified atom stereocenters. The topological polar surface area (TPSA) is 97.4 Å². The van der Waals surface area contributed by atoms with Crippen LogP contribution in [0.3, 0.4) is 0 Å². The van der Waals surface area contributed by atoms with E-state index in [-0.39, 0.29) is 31.0 Å². The monoisotopic (exact) mass is 511 g/mol. The van der Waals surface area contributed by atoms with Crippen molar-refractivity contribution in [2.45, 2.75) is 64.8 Å². The maximum Gasteiger partial charge on any atom is 0.410 e. The lowest BCUT2D eigenvalue weighted by Gasteiger charge is -2.36. The Labute approximate surface area is 218 Å². The highest BCUT2D eigenvalue weighted by molar-refractivity contribution is 5.89. The maximum atomic E-state index is 13.6. The molecule has 1 N–H and O–H groups in total. The lowest BCUT2D eigenvalue weighted by molar-refractivity contribution is -0.150. The van der Waals surface area contributed by atoms with Crippen LogP contribution < -0.4 is 10.1 Å². The third kappa shape index (κ3) is 7.35. The fraction of sp³-hybridized carbons (Fsp3) is 0.536. The highest BCUT2D eigenvalue weighted by Gasteiger charge is 2.39. The van der Waals surface area contributed by atoms with Gasteiger partial charge in [0, 0.05) is 31.4 Å². The summed E-state index contributed by atoms with van der Waals surface area (Å²) in [5, 5.41) is 4.73. The number of carbonyl (C=O) groups is 3. The lowest BCUT2D eigenvalue weighted by Crippen LogP contribution is -2.53. The van der Waals surface area contributed by atoms with Gasteiger partial charge < -0.3 is 29.3 Å². The lowest BCUT2D eigenvalue weighted by atomic mass is 10.0. The van der Waals surface area contributed by atoms with Gasteiger partial charge in [0.1, 0.15) is 18.0 Å². The molecule has 9 heteroatoms. The molecule has 0 aromatic heterocycles. The highest BCUT2D eigenvalue weighted by Crippen LogP contribution is 2.33. The SMILES string of the molecule is CC(=O)NCCOc1cc(CN(C(=O)[C@H]2CN(C(=O)OC(C)(C)C)CCO2)C2CC2)cc2ccccc12. The van der Waals surface area contributed by atoms with E-state index in [0.717, 1.165) is 29.2 Å². The van der Waals surface area contributed by atoms with E-state index in [1.807, 2.05) is 56.0 Å². The van der Waals surface area contributed by atoms with Crippen molar-refractivity contribution < 1.29 is 28.6 Å². The van der Waals surface area contributed by atoms with Gasteiger partial charge >= 0.3 is 6.09 Å².